The van der Waals surface area contributed by atoms with Gasteiger partial charge in [-0.05, 0) is 51.3 Å². The third-order valence-corrected chi connectivity index (χ3v) is 4.14. The van der Waals surface area contributed by atoms with Crippen molar-refractivity contribution < 1.29 is 14.7 Å². The van der Waals surface area contributed by atoms with Crippen LogP contribution in [0.25, 0.3) is 5.82 Å². The number of urea groups is 1. The van der Waals surface area contributed by atoms with Crippen molar-refractivity contribution in [2.75, 3.05) is 5.32 Å². The van der Waals surface area contributed by atoms with E-state index in [9.17, 15) is 9.59 Å². The zero-order chi connectivity index (χ0) is 20.0. The van der Waals surface area contributed by atoms with Gasteiger partial charge in [0.1, 0.15) is 0 Å². The van der Waals surface area contributed by atoms with Gasteiger partial charge in [-0.15, -0.1) is 0 Å². The summed E-state index contributed by atoms with van der Waals surface area (Å²) < 4.78 is 1.74. The van der Waals surface area contributed by atoms with Crippen molar-refractivity contribution in [1.29, 1.82) is 0 Å². The lowest BCUT2D eigenvalue weighted by molar-refractivity contribution is -0.137. The normalized spacial score (nSPS) is 11.3. The molecule has 2 heterocycles. The molecule has 2 aromatic heterocycles. The fourth-order valence-corrected chi connectivity index (χ4v) is 2.73. The minimum Gasteiger partial charge on any atom is -0.481 e. The van der Waals surface area contributed by atoms with E-state index >= 15 is 0 Å². The van der Waals surface area contributed by atoms with Gasteiger partial charge in [0.2, 0.25) is 0 Å². The molecule has 0 aliphatic heterocycles. The zero-order valence-corrected chi connectivity index (χ0v) is 16.2. The maximum absolute atomic E-state index is 12.4. The molecule has 0 spiro atoms. The van der Waals surface area contributed by atoms with Crippen LogP contribution in [0, 0.1) is 6.92 Å². The number of nitrogens with zero attached hydrogens (tertiary/aromatic N) is 3. The predicted octanol–water partition coefficient (Wildman–Crippen LogP) is 3.29. The number of aliphatic carboxylic acids is 1. The Hall–Kier alpha value is -2.90. The number of aryl methyl sites for hydroxylation is 1. The summed E-state index contributed by atoms with van der Waals surface area (Å²) in [4.78, 5) is 27.5. The van der Waals surface area contributed by atoms with Gasteiger partial charge in [0.25, 0.3) is 0 Å². The summed E-state index contributed by atoms with van der Waals surface area (Å²) >= 11 is 0. The van der Waals surface area contributed by atoms with E-state index < -0.39 is 11.5 Å². The zero-order valence-electron chi connectivity index (χ0n) is 16.2. The van der Waals surface area contributed by atoms with Crippen molar-refractivity contribution in [1.82, 2.24) is 20.1 Å². The van der Waals surface area contributed by atoms with Gasteiger partial charge in [0, 0.05) is 18.2 Å². The number of pyridine rings is 1. The molecule has 0 bridgehead atoms. The summed E-state index contributed by atoms with van der Waals surface area (Å²) in [6.07, 6.45) is 5.28. The van der Waals surface area contributed by atoms with Gasteiger partial charge >= 0.3 is 12.0 Å². The molecule has 2 aromatic rings. The van der Waals surface area contributed by atoms with E-state index in [-0.39, 0.29) is 12.5 Å². The SMILES string of the molecule is CCCc1c(NC(=O)NC(C)(C)CCC(=O)O)cnn1-c1cc(C)ccn1. The molecule has 0 aromatic carbocycles. The van der Waals surface area contributed by atoms with Crippen LogP contribution in [0.15, 0.2) is 24.5 Å². The smallest absolute Gasteiger partial charge is 0.319 e. The molecule has 0 aliphatic carbocycles. The van der Waals surface area contributed by atoms with Crippen LogP contribution in [0.4, 0.5) is 10.5 Å². The molecule has 0 saturated carbocycles. The summed E-state index contributed by atoms with van der Waals surface area (Å²) in [5, 5.41) is 18.9. The number of aromatic nitrogens is 3. The summed E-state index contributed by atoms with van der Waals surface area (Å²) in [5.41, 5.74) is 1.92. The first kappa shape index (κ1) is 20.4. The summed E-state index contributed by atoms with van der Waals surface area (Å²) in [6, 6.07) is 3.46. The molecular weight excluding hydrogens is 346 g/mol. The average molecular weight is 373 g/mol. The molecule has 0 fully saturated rings. The number of carboxylic acid groups (broad SMARTS) is 1. The monoisotopic (exact) mass is 373 g/mol. The van der Waals surface area contributed by atoms with Crippen LogP contribution < -0.4 is 10.6 Å². The fourth-order valence-electron chi connectivity index (χ4n) is 2.73. The highest BCUT2D eigenvalue weighted by Crippen LogP contribution is 2.21. The first-order valence-corrected chi connectivity index (χ1v) is 9.02. The maximum Gasteiger partial charge on any atom is 0.319 e. The van der Waals surface area contributed by atoms with Crippen molar-refractivity contribution >= 4 is 17.7 Å². The molecule has 0 radical (unpaired) electrons. The van der Waals surface area contributed by atoms with Gasteiger partial charge in [-0.3, -0.25) is 4.79 Å². The Kier molecular flexibility index (Phi) is 6.55. The van der Waals surface area contributed by atoms with Crippen LogP contribution in [0.1, 0.15) is 51.3 Å². The third-order valence-electron chi connectivity index (χ3n) is 4.14. The lowest BCUT2D eigenvalue weighted by Crippen LogP contribution is -2.45. The van der Waals surface area contributed by atoms with Gasteiger partial charge in [-0.1, -0.05) is 13.3 Å². The second-order valence-corrected chi connectivity index (χ2v) is 7.21. The Morgan fingerprint density at radius 1 is 1.33 bits per heavy atom. The number of carbonyl (C=O) groups is 2. The van der Waals surface area contributed by atoms with Crippen molar-refractivity contribution in [3.05, 3.63) is 35.8 Å². The van der Waals surface area contributed by atoms with Crippen molar-refractivity contribution in [3.8, 4) is 5.82 Å². The molecule has 3 N–H and O–H groups in total. The van der Waals surface area contributed by atoms with Crippen molar-refractivity contribution in [3.63, 3.8) is 0 Å². The molecule has 2 rings (SSSR count). The van der Waals surface area contributed by atoms with E-state index in [1.807, 2.05) is 19.1 Å². The second kappa shape index (κ2) is 8.66. The van der Waals surface area contributed by atoms with Gasteiger partial charge < -0.3 is 15.7 Å². The Balaban J connectivity index is 2.16. The molecule has 27 heavy (non-hydrogen) atoms. The molecular formula is C19H27N5O3. The quantitative estimate of drug-likeness (QED) is 0.658. The number of nitrogens with one attached hydrogen (secondary N) is 2. The van der Waals surface area contributed by atoms with Crippen LogP contribution in [0.5, 0.6) is 0 Å². The highest BCUT2D eigenvalue weighted by atomic mass is 16.4. The third kappa shape index (κ3) is 5.80. The van der Waals surface area contributed by atoms with Crippen LogP contribution in [0.3, 0.4) is 0 Å². The lowest BCUT2D eigenvalue weighted by Gasteiger charge is -2.25. The van der Waals surface area contributed by atoms with Crippen molar-refractivity contribution in [2.45, 2.75) is 58.9 Å². The predicted molar refractivity (Wildman–Crippen MR) is 103 cm³/mol. The van der Waals surface area contributed by atoms with Crippen LogP contribution >= 0.6 is 0 Å². The number of carboxylic acids is 1. The standard InChI is InChI=1S/C19H27N5O3/c1-5-6-15-14(12-21-24(15)16-11-13(2)8-10-20-16)22-18(27)23-19(3,4)9-7-17(25)26/h8,10-12H,5-7,9H2,1-4H3,(H,25,26)(H2,22,23,27). The van der Waals surface area contributed by atoms with Crippen LogP contribution in [-0.2, 0) is 11.2 Å². The molecule has 0 aliphatic rings. The Morgan fingerprint density at radius 2 is 2.07 bits per heavy atom. The van der Waals surface area contributed by atoms with Gasteiger partial charge in [-0.2, -0.15) is 5.10 Å². The molecule has 0 saturated heterocycles. The number of amides is 2. The van der Waals surface area contributed by atoms with E-state index in [4.69, 9.17) is 5.11 Å². The van der Waals surface area contributed by atoms with E-state index in [0.29, 0.717) is 17.9 Å². The van der Waals surface area contributed by atoms with Crippen LogP contribution in [-0.4, -0.2) is 37.4 Å². The summed E-state index contributed by atoms with van der Waals surface area (Å²) in [7, 11) is 0. The average Bonchev–Trinajstić information content (AvgIpc) is 2.95. The van der Waals surface area contributed by atoms with E-state index in [2.05, 4.69) is 27.6 Å². The highest BCUT2D eigenvalue weighted by molar-refractivity contribution is 5.90. The largest absolute Gasteiger partial charge is 0.481 e. The highest BCUT2D eigenvalue weighted by Gasteiger charge is 2.23. The van der Waals surface area contributed by atoms with E-state index in [0.717, 1.165) is 24.1 Å². The number of anilines is 1. The topological polar surface area (TPSA) is 109 Å². The molecule has 0 atom stereocenters. The molecule has 0 unspecified atom stereocenters. The first-order valence-electron chi connectivity index (χ1n) is 9.02. The molecule has 8 heteroatoms. The van der Waals surface area contributed by atoms with E-state index in [1.54, 1.807) is 30.9 Å². The second-order valence-electron chi connectivity index (χ2n) is 7.21. The number of rotatable bonds is 8. The first-order chi connectivity index (χ1) is 12.7. The Bertz CT molecular complexity index is 813. The minimum absolute atomic E-state index is 0.00861. The van der Waals surface area contributed by atoms with Gasteiger partial charge in [0.05, 0.1) is 17.6 Å². The number of carbonyl (C=O) groups excluding carboxylic acids is 1. The Morgan fingerprint density at radius 3 is 2.70 bits per heavy atom. The number of hydrogen-bond donors (Lipinski definition) is 3. The van der Waals surface area contributed by atoms with Gasteiger partial charge in [-0.25, -0.2) is 14.5 Å². The number of hydrogen-bond acceptors (Lipinski definition) is 4. The summed E-state index contributed by atoms with van der Waals surface area (Å²) in [5.74, 6) is -0.184. The molecule has 2 amide bonds. The summed E-state index contributed by atoms with van der Waals surface area (Å²) in [6.45, 7) is 7.63. The van der Waals surface area contributed by atoms with E-state index in [1.165, 1.54) is 0 Å². The van der Waals surface area contributed by atoms with Gasteiger partial charge in [0.15, 0.2) is 5.82 Å². The molecule has 8 nitrogen and oxygen atoms in total. The Labute approximate surface area is 159 Å². The fraction of sp³-hybridized carbons (Fsp3) is 0.474. The maximum atomic E-state index is 12.4. The van der Waals surface area contributed by atoms with Crippen molar-refractivity contribution in [2.24, 2.45) is 0 Å². The molecule has 146 valence electrons. The lowest BCUT2D eigenvalue weighted by atomic mass is 9.99. The van der Waals surface area contributed by atoms with Crippen LogP contribution in [0.2, 0.25) is 0 Å². The minimum atomic E-state index is -0.887.